The van der Waals surface area contributed by atoms with Crippen molar-refractivity contribution in [3.8, 4) is 0 Å². The predicted octanol–water partition coefficient (Wildman–Crippen LogP) is 2.31. The van der Waals surface area contributed by atoms with Crippen LogP contribution in [0.15, 0.2) is 16.8 Å². The lowest BCUT2D eigenvalue weighted by Crippen LogP contribution is -2.28. The van der Waals surface area contributed by atoms with Crippen molar-refractivity contribution in [2.75, 3.05) is 26.3 Å². The summed E-state index contributed by atoms with van der Waals surface area (Å²) in [5, 5.41) is 7.92. The molecule has 2 rings (SSSR count). The molecule has 0 bridgehead atoms. The van der Waals surface area contributed by atoms with Gasteiger partial charge >= 0.3 is 0 Å². The molecule has 1 saturated heterocycles. The summed E-state index contributed by atoms with van der Waals surface area (Å²) in [5.74, 6) is 0.834. The summed E-state index contributed by atoms with van der Waals surface area (Å²) >= 11 is 1.78. The molecule has 3 heteroatoms. The third kappa shape index (κ3) is 3.93. The van der Waals surface area contributed by atoms with Crippen LogP contribution >= 0.6 is 11.3 Å². The Morgan fingerprint density at radius 2 is 2.27 bits per heavy atom. The van der Waals surface area contributed by atoms with E-state index in [2.05, 4.69) is 22.1 Å². The van der Waals surface area contributed by atoms with Gasteiger partial charge in [0.05, 0.1) is 0 Å². The molecule has 1 aliphatic heterocycles. The van der Waals surface area contributed by atoms with Crippen LogP contribution in [0.25, 0.3) is 0 Å². The zero-order valence-electron chi connectivity index (χ0n) is 9.08. The average Bonchev–Trinajstić information content (AvgIpc) is 2.79. The van der Waals surface area contributed by atoms with Crippen LogP contribution in [-0.2, 0) is 11.2 Å². The molecule has 84 valence electrons. The van der Waals surface area contributed by atoms with Gasteiger partial charge in [0, 0.05) is 13.2 Å². The smallest absolute Gasteiger partial charge is 0.0469 e. The molecular formula is C12H19NOS. The molecule has 0 unspecified atom stereocenters. The minimum Gasteiger partial charge on any atom is -0.381 e. The van der Waals surface area contributed by atoms with Gasteiger partial charge in [0.25, 0.3) is 0 Å². The first-order valence-electron chi connectivity index (χ1n) is 5.74. The average molecular weight is 225 g/mol. The van der Waals surface area contributed by atoms with Crippen LogP contribution in [0.4, 0.5) is 0 Å². The highest BCUT2D eigenvalue weighted by Gasteiger charge is 2.12. The van der Waals surface area contributed by atoms with Crippen molar-refractivity contribution in [3.63, 3.8) is 0 Å². The zero-order valence-corrected chi connectivity index (χ0v) is 9.89. The highest BCUT2D eigenvalue weighted by molar-refractivity contribution is 7.07. The molecule has 1 aromatic heterocycles. The fraction of sp³-hybridized carbons (Fsp3) is 0.667. The second kappa shape index (κ2) is 6.26. The summed E-state index contributed by atoms with van der Waals surface area (Å²) in [5.41, 5.74) is 1.46. The van der Waals surface area contributed by atoms with Crippen LogP contribution in [0.3, 0.4) is 0 Å². The first kappa shape index (κ1) is 11.1. The Hall–Kier alpha value is -0.380. The van der Waals surface area contributed by atoms with E-state index in [0.717, 1.165) is 38.6 Å². The maximum absolute atomic E-state index is 5.34. The van der Waals surface area contributed by atoms with E-state index < -0.39 is 0 Å². The number of hydrogen-bond acceptors (Lipinski definition) is 3. The quantitative estimate of drug-likeness (QED) is 0.776. The standard InChI is InChI=1S/C12H19NOS/c1(12-4-8-15-10-12)5-13-9-11-2-6-14-7-3-11/h4,8,10-11,13H,1-3,5-7,9H2. The van der Waals surface area contributed by atoms with Gasteiger partial charge in [-0.05, 0) is 60.7 Å². The summed E-state index contributed by atoms with van der Waals surface area (Å²) in [6.45, 7) is 4.18. The normalized spacial score (nSPS) is 18.1. The van der Waals surface area contributed by atoms with E-state index in [-0.39, 0.29) is 0 Å². The molecule has 2 nitrogen and oxygen atoms in total. The summed E-state index contributed by atoms with van der Waals surface area (Å²) in [4.78, 5) is 0. The first-order chi connectivity index (χ1) is 7.45. The molecule has 1 fully saturated rings. The number of rotatable bonds is 5. The maximum atomic E-state index is 5.34. The molecule has 0 spiro atoms. The van der Waals surface area contributed by atoms with Crippen molar-refractivity contribution in [1.29, 1.82) is 0 Å². The third-order valence-corrected chi connectivity index (χ3v) is 3.68. The van der Waals surface area contributed by atoms with Crippen molar-refractivity contribution in [2.45, 2.75) is 19.3 Å². The number of nitrogens with one attached hydrogen (secondary N) is 1. The van der Waals surface area contributed by atoms with Crippen LogP contribution in [-0.4, -0.2) is 26.3 Å². The minimum atomic E-state index is 0.834. The summed E-state index contributed by atoms with van der Waals surface area (Å²) in [6.07, 6.45) is 3.61. The van der Waals surface area contributed by atoms with Crippen molar-refractivity contribution >= 4 is 11.3 Å². The lowest BCUT2D eigenvalue weighted by atomic mass is 10.0. The molecule has 1 aliphatic rings. The summed E-state index contributed by atoms with van der Waals surface area (Å²) < 4.78 is 5.34. The van der Waals surface area contributed by atoms with Crippen LogP contribution < -0.4 is 5.32 Å². The first-order valence-corrected chi connectivity index (χ1v) is 6.69. The zero-order chi connectivity index (χ0) is 10.3. The molecule has 0 saturated carbocycles. The van der Waals surface area contributed by atoms with Gasteiger partial charge in [0.15, 0.2) is 0 Å². The predicted molar refractivity (Wildman–Crippen MR) is 64.4 cm³/mol. The Labute approximate surface area is 95.6 Å². The Morgan fingerprint density at radius 1 is 1.40 bits per heavy atom. The van der Waals surface area contributed by atoms with Crippen molar-refractivity contribution in [1.82, 2.24) is 5.32 Å². The Bertz CT molecular complexity index is 255. The van der Waals surface area contributed by atoms with E-state index in [1.807, 2.05) is 0 Å². The van der Waals surface area contributed by atoms with E-state index in [0.29, 0.717) is 0 Å². The van der Waals surface area contributed by atoms with E-state index in [4.69, 9.17) is 4.74 Å². The SMILES string of the molecule is c1cc(CCNCC2CCOCC2)cs1. The fourth-order valence-corrected chi connectivity index (χ4v) is 2.63. The van der Waals surface area contributed by atoms with Crippen LogP contribution in [0.1, 0.15) is 18.4 Å². The molecule has 2 heterocycles. The number of hydrogen-bond donors (Lipinski definition) is 1. The summed E-state index contributed by atoms with van der Waals surface area (Å²) in [7, 11) is 0. The maximum Gasteiger partial charge on any atom is 0.0469 e. The van der Waals surface area contributed by atoms with Gasteiger partial charge in [0.2, 0.25) is 0 Å². The van der Waals surface area contributed by atoms with Gasteiger partial charge in [0.1, 0.15) is 0 Å². The fourth-order valence-electron chi connectivity index (χ4n) is 1.92. The number of ether oxygens (including phenoxy) is 1. The van der Waals surface area contributed by atoms with E-state index in [1.165, 1.54) is 18.4 Å². The lowest BCUT2D eigenvalue weighted by molar-refractivity contribution is 0.0664. The van der Waals surface area contributed by atoms with E-state index in [9.17, 15) is 0 Å². The molecular weight excluding hydrogens is 206 g/mol. The van der Waals surface area contributed by atoms with E-state index >= 15 is 0 Å². The molecule has 0 aliphatic carbocycles. The molecule has 1 aromatic rings. The molecule has 0 aromatic carbocycles. The summed E-state index contributed by atoms with van der Waals surface area (Å²) in [6, 6.07) is 2.21. The van der Waals surface area contributed by atoms with Crippen molar-refractivity contribution in [2.24, 2.45) is 5.92 Å². The topological polar surface area (TPSA) is 21.3 Å². The molecule has 1 N–H and O–H groups in total. The van der Waals surface area contributed by atoms with Crippen LogP contribution in [0.2, 0.25) is 0 Å². The van der Waals surface area contributed by atoms with Crippen molar-refractivity contribution < 1.29 is 4.74 Å². The molecule has 0 atom stereocenters. The second-order valence-corrected chi connectivity index (χ2v) is 4.92. The third-order valence-electron chi connectivity index (χ3n) is 2.94. The molecule has 0 amide bonds. The Morgan fingerprint density at radius 3 is 3.00 bits per heavy atom. The van der Waals surface area contributed by atoms with Crippen molar-refractivity contribution in [3.05, 3.63) is 22.4 Å². The second-order valence-electron chi connectivity index (χ2n) is 4.14. The van der Waals surface area contributed by atoms with Gasteiger partial charge in [-0.3, -0.25) is 0 Å². The van der Waals surface area contributed by atoms with Crippen LogP contribution in [0.5, 0.6) is 0 Å². The van der Waals surface area contributed by atoms with Gasteiger partial charge in [-0.25, -0.2) is 0 Å². The lowest BCUT2D eigenvalue weighted by Gasteiger charge is -2.22. The van der Waals surface area contributed by atoms with Crippen LogP contribution in [0, 0.1) is 5.92 Å². The highest BCUT2D eigenvalue weighted by Crippen LogP contribution is 2.13. The molecule has 0 radical (unpaired) electrons. The van der Waals surface area contributed by atoms with Gasteiger partial charge in [-0.1, -0.05) is 0 Å². The van der Waals surface area contributed by atoms with Gasteiger partial charge in [-0.2, -0.15) is 11.3 Å². The largest absolute Gasteiger partial charge is 0.381 e. The minimum absolute atomic E-state index is 0.834. The van der Waals surface area contributed by atoms with E-state index in [1.54, 1.807) is 11.3 Å². The molecule has 15 heavy (non-hydrogen) atoms. The monoisotopic (exact) mass is 225 g/mol. The Balaban J connectivity index is 1.54. The Kier molecular flexibility index (Phi) is 4.64. The van der Waals surface area contributed by atoms with Gasteiger partial charge < -0.3 is 10.1 Å². The van der Waals surface area contributed by atoms with Gasteiger partial charge in [-0.15, -0.1) is 0 Å². The number of thiophene rings is 1. The highest BCUT2D eigenvalue weighted by atomic mass is 32.1.